The zero-order valence-corrected chi connectivity index (χ0v) is 10.1. The van der Waals surface area contributed by atoms with Crippen molar-refractivity contribution >= 4 is 5.69 Å². The number of hydrogen-bond donors (Lipinski definition) is 1. The number of anilines is 1. The fraction of sp³-hybridized carbons (Fsp3) is 0.133. The molecule has 2 aromatic carbocycles. The van der Waals surface area contributed by atoms with Gasteiger partial charge in [-0.05, 0) is 24.6 Å². The number of hydrogen-bond acceptors (Lipinski definition) is 3. The standard InChI is InChI=1S/C15H14N2O/c1-11(12-5-3-2-4-6-12)18-14-8-7-13(10-16)15(17)9-14/h2-9,11H,17H2,1H3. The molecule has 3 nitrogen and oxygen atoms in total. The van der Waals surface area contributed by atoms with E-state index < -0.39 is 0 Å². The fourth-order valence-corrected chi connectivity index (χ4v) is 1.71. The highest BCUT2D eigenvalue weighted by Gasteiger charge is 2.07. The summed E-state index contributed by atoms with van der Waals surface area (Å²) >= 11 is 0. The van der Waals surface area contributed by atoms with E-state index in [0.29, 0.717) is 17.0 Å². The first-order valence-electron chi connectivity index (χ1n) is 5.72. The molecule has 0 fully saturated rings. The lowest BCUT2D eigenvalue weighted by Crippen LogP contribution is -2.03. The molecule has 0 saturated carbocycles. The largest absolute Gasteiger partial charge is 0.486 e. The predicted molar refractivity (Wildman–Crippen MR) is 71.1 cm³/mol. The number of benzene rings is 2. The zero-order valence-electron chi connectivity index (χ0n) is 10.1. The summed E-state index contributed by atoms with van der Waals surface area (Å²) in [6.07, 6.45) is -0.0569. The van der Waals surface area contributed by atoms with E-state index in [2.05, 4.69) is 0 Å². The summed E-state index contributed by atoms with van der Waals surface area (Å²) in [6, 6.07) is 17.1. The van der Waals surface area contributed by atoms with Gasteiger partial charge in [0.2, 0.25) is 0 Å². The fourth-order valence-electron chi connectivity index (χ4n) is 1.71. The molecular weight excluding hydrogens is 224 g/mol. The van der Waals surface area contributed by atoms with Crippen LogP contribution in [-0.2, 0) is 0 Å². The summed E-state index contributed by atoms with van der Waals surface area (Å²) < 4.78 is 5.79. The summed E-state index contributed by atoms with van der Waals surface area (Å²) in [7, 11) is 0. The van der Waals surface area contributed by atoms with E-state index in [9.17, 15) is 0 Å². The lowest BCUT2D eigenvalue weighted by Gasteiger charge is -2.15. The third kappa shape index (κ3) is 2.61. The summed E-state index contributed by atoms with van der Waals surface area (Å²) in [5, 5.41) is 8.80. The number of nitrogen functional groups attached to an aromatic ring is 1. The maximum absolute atomic E-state index is 8.80. The van der Waals surface area contributed by atoms with Crippen molar-refractivity contribution in [3.63, 3.8) is 0 Å². The highest BCUT2D eigenvalue weighted by atomic mass is 16.5. The van der Waals surface area contributed by atoms with E-state index in [0.717, 1.165) is 5.56 Å². The van der Waals surface area contributed by atoms with Crippen molar-refractivity contribution < 1.29 is 4.74 Å². The van der Waals surface area contributed by atoms with Crippen LogP contribution in [0.3, 0.4) is 0 Å². The third-order valence-corrected chi connectivity index (χ3v) is 2.73. The smallest absolute Gasteiger partial charge is 0.122 e. The van der Waals surface area contributed by atoms with Gasteiger partial charge < -0.3 is 10.5 Å². The Balaban J connectivity index is 2.15. The van der Waals surface area contributed by atoms with E-state index in [1.165, 1.54) is 0 Å². The zero-order chi connectivity index (χ0) is 13.0. The first-order chi connectivity index (χ1) is 8.70. The Labute approximate surface area is 106 Å². The Morgan fingerprint density at radius 3 is 2.50 bits per heavy atom. The van der Waals surface area contributed by atoms with Crippen molar-refractivity contribution in [1.82, 2.24) is 0 Å². The van der Waals surface area contributed by atoms with Crippen molar-refractivity contribution in [3.05, 3.63) is 59.7 Å². The normalized spacial score (nSPS) is 11.6. The molecule has 0 spiro atoms. The first kappa shape index (κ1) is 12.0. The Morgan fingerprint density at radius 1 is 1.17 bits per heavy atom. The molecule has 0 saturated heterocycles. The monoisotopic (exact) mass is 238 g/mol. The molecule has 0 bridgehead atoms. The van der Waals surface area contributed by atoms with Crippen molar-refractivity contribution in [3.8, 4) is 11.8 Å². The number of nitrogens with two attached hydrogens (primary N) is 1. The third-order valence-electron chi connectivity index (χ3n) is 2.73. The maximum Gasteiger partial charge on any atom is 0.122 e. The van der Waals surface area contributed by atoms with Crippen LogP contribution in [0.5, 0.6) is 5.75 Å². The Kier molecular flexibility index (Phi) is 3.49. The lowest BCUT2D eigenvalue weighted by atomic mass is 10.1. The highest BCUT2D eigenvalue weighted by molar-refractivity contribution is 5.57. The van der Waals surface area contributed by atoms with Gasteiger partial charge in [-0.15, -0.1) is 0 Å². The van der Waals surface area contributed by atoms with Gasteiger partial charge in [-0.1, -0.05) is 30.3 Å². The van der Waals surface area contributed by atoms with Crippen LogP contribution < -0.4 is 10.5 Å². The molecule has 90 valence electrons. The molecule has 2 rings (SSSR count). The van der Waals surface area contributed by atoms with Gasteiger partial charge >= 0.3 is 0 Å². The lowest BCUT2D eigenvalue weighted by molar-refractivity contribution is 0.227. The minimum Gasteiger partial charge on any atom is -0.486 e. The summed E-state index contributed by atoms with van der Waals surface area (Å²) in [6.45, 7) is 1.98. The summed E-state index contributed by atoms with van der Waals surface area (Å²) in [4.78, 5) is 0. The van der Waals surface area contributed by atoms with Crippen molar-refractivity contribution in [1.29, 1.82) is 5.26 Å². The Bertz CT molecular complexity index is 573. The summed E-state index contributed by atoms with van der Waals surface area (Å²) in [5.41, 5.74) is 7.75. The highest BCUT2D eigenvalue weighted by Crippen LogP contribution is 2.24. The van der Waals surface area contributed by atoms with Crippen LogP contribution in [-0.4, -0.2) is 0 Å². The second-order valence-electron chi connectivity index (χ2n) is 4.03. The van der Waals surface area contributed by atoms with Gasteiger partial charge in [0, 0.05) is 6.07 Å². The average molecular weight is 238 g/mol. The van der Waals surface area contributed by atoms with Gasteiger partial charge in [-0.2, -0.15) is 5.26 Å². The number of nitriles is 1. The molecule has 2 N–H and O–H groups in total. The van der Waals surface area contributed by atoms with Crippen LogP contribution in [0, 0.1) is 11.3 Å². The minimum absolute atomic E-state index is 0.0569. The average Bonchev–Trinajstić information content (AvgIpc) is 2.40. The molecule has 0 aliphatic heterocycles. The SMILES string of the molecule is CC(Oc1ccc(C#N)c(N)c1)c1ccccc1. The van der Waals surface area contributed by atoms with E-state index >= 15 is 0 Å². The second-order valence-corrected chi connectivity index (χ2v) is 4.03. The van der Waals surface area contributed by atoms with Crippen LogP contribution in [0.15, 0.2) is 48.5 Å². The number of rotatable bonds is 3. The van der Waals surface area contributed by atoms with Crippen LogP contribution in [0.1, 0.15) is 24.2 Å². The molecule has 0 aliphatic carbocycles. The van der Waals surface area contributed by atoms with Crippen LogP contribution >= 0.6 is 0 Å². The topological polar surface area (TPSA) is 59.0 Å². The Morgan fingerprint density at radius 2 is 1.89 bits per heavy atom. The van der Waals surface area contributed by atoms with E-state index in [1.54, 1.807) is 18.2 Å². The maximum atomic E-state index is 8.80. The molecule has 0 aromatic heterocycles. The van der Waals surface area contributed by atoms with Crippen molar-refractivity contribution in [2.24, 2.45) is 0 Å². The van der Waals surface area contributed by atoms with Gasteiger partial charge in [0.1, 0.15) is 17.9 Å². The van der Waals surface area contributed by atoms with Gasteiger partial charge in [0.15, 0.2) is 0 Å². The minimum atomic E-state index is -0.0569. The van der Waals surface area contributed by atoms with Crippen LogP contribution in [0.25, 0.3) is 0 Å². The molecule has 1 unspecified atom stereocenters. The van der Waals surface area contributed by atoms with Crippen LogP contribution in [0.4, 0.5) is 5.69 Å². The molecule has 18 heavy (non-hydrogen) atoms. The summed E-state index contributed by atoms with van der Waals surface area (Å²) in [5.74, 6) is 0.669. The molecular formula is C15H14N2O. The number of nitrogens with zero attached hydrogens (tertiary/aromatic N) is 1. The van der Waals surface area contributed by atoms with Crippen molar-refractivity contribution in [2.75, 3.05) is 5.73 Å². The van der Waals surface area contributed by atoms with Gasteiger partial charge in [-0.25, -0.2) is 0 Å². The predicted octanol–water partition coefficient (Wildman–Crippen LogP) is 3.28. The molecule has 0 amide bonds. The van der Waals surface area contributed by atoms with E-state index in [-0.39, 0.29) is 6.10 Å². The molecule has 3 heteroatoms. The first-order valence-corrected chi connectivity index (χ1v) is 5.72. The molecule has 2 aromatic rings. The Hall–Kier alpha value is -2.47. The van der Waals surface area contributed by atoms with E-state index in [1.807, 2.05) is 43.3 Å². The molecule has 0 radical (unpaired) electrons. The van der Waals surface area contributed by atoms with E-state index in [4.69, 9.17) is 15.7 Å². The quantitative estimate of drug-likeness (QED) is 0.835. The molecule has 0 heterocycles. The van der Waals surface area contributed by atoms with Gasteiger partial charge in [0.05, 0.1) is 11.3 Å². The van der Waals surface area contributed by atoms with Gasteiger partial charge in [0.25, 0.3) is 0 Å². The van der Waals surface area contributed by atoms with Crippen LogP contribution in [0.2, 0.25) is 0 Å². The number of ether oxygens (including phenoxy) is 1. The second kappa shape index (κ2) is 5.24. The molecule has 0 aliphatic rings. The molecule has 1 atom stereocenters. The van der Waals surface area contributed by atoms with Gasteiger partial charge in [-0.3, -0.25) is 0 Å². The van der Waals surface area contributed by atoms with Crippen molar-refractivity contribution in [2.45, 2.75) is 13.0 Å².